The molecule has 1 heterocycles. The Balaban J connectivity index is 2.47. The van der Waals surface area contributed by atoms with E-state index in [1.165, 1.54) is 0 Å². The van der Waals surface area contributed by atoms with Crippen LogP contribution in [-0.4, -0.2) is 49.8 Å². The van der Waals surface area contributed by atoms with Crippen LogP contribution in [0.1, 0.15) is 12.8 Å². The van der Waals surface area contributed by atoms with E-state index in [1.807, 2.05) is 0 Å². The van der Waals surface area contributed by atoms with E-state index in [4.69, 9.17) is 0 Å². The predicted octanol–water partition coefficient (Wildman–Crippen LogP) is -2.75. The minimum atomic E-state index is -0.760. The van der Waals surface area contributed by atoms with Crippen molar-refractivity contribution in [2.24, 2.45) is 0 Å². The van der Waals surface area contributed by atoms with Gasteiger partial charge < -0.3 is 21.3 Å². The summed E-state index contributed by atoms with van der Waals surface area (Å²) in [4.78, 5) is 44.9. The molecule has 1 saturated heterocycles. The molecule has 4 N–H and O–H groups in total. The summed E-state index contributed by atoms with van der Waals surface area (Å²) < 4.78 is 0. The van der Waals surface area contributed by atoms with Gasteiger partial charge in [-0.05, 0) is 6.42 Å². The van der Waals surface area contributed by atoms with Gasteiger partial charge in [-0.15, -0.1) is 0 Å². The van der Waals surface area contributed by atoms with Crippen molar-refractivity contribution < 1.29 is 19.2 Å². The molecule has 0 aromatic heterocycles. The number of hydrogen-bond donors (Lipinski definition) is 4. The van der Waals surface area contributed by atoms with Crippen LogP contribution in [0, 0.1) is 0 Å². The maximum absolute atomic E-state index is 11.2. The molecule has 0 atom stereocenters. The number of nitrogens with one attached hydrogen (secondary N) is 4. The van der Waals surface area contributed by atoms with E-state index in [0.29, 0.717) is 19.5 Å². The highest BCUT2D eigenvalue weighted by molar-refractivity contribution is 6.35. The molecule has 18 heavy (non-hydrogen) atoms. The van der Waals surface area contributed by atoms with Gasteiger partial charge in [0.1, 0.15) is 0 Å². The summed E-state index contributed by atoms with van der Waals surface area (Å²) in [6, 6.07) is 0. The Bertz CT molecular complexity index is 356. The van der Waals surface area contributed by atoms with Crippen molar-refractivity contribution in [3.8, 4) is 0 Å². The fraction of sp³-hybridized carbons (Fsp3) is 0.600. The molecule has 0 saturated carbocycles. The second-order valence-corrected chi connectivity index (χ2v) is 3.74. The third kappa shape index (κ3) is 5.28. The number of carbonyl (C=O) groups excluding carboxylic acids is 4. The van der Waals surface area contributed by atoms with Crippen molar-refractivity contribution in [2.45, 2.75) is 12.8 Å². The molecule has 0 aliphatic carbocycles. The molecule has 0 radical (unpaired) electrons. The SMILES string of the molecule is O=C1CCNC(=O)C(=O)NCCCNC(=O)CN1. The first-order chi connectivity index (χ1) is 8.59. The summed E-state index contributed by atoms with van der Waals surface area (Å²) in [5, 5.41) is 9.71. The smallest absolute Gasteiger partial charge is 0.309 e. The molecule has 8 heteroatoms. The lowest BCUT2D eigenvalue weighted by Gasteiger charge is -2.10. The number of hydrogen-bond acceptors (Lipinski definition) is 4. The molecule has 0 spiro atoms. The van der Waals surface area contributed by atoms with Crippen molar-refractivity contribution in [1.29, 1.82) is 0 Å². The Hall–Kier alpha value is -2.12. The average Bonchev–Trinajstić information content (AvgIpc) is 2.34. The van der Waals surface area contributed by atoms with E-state index >= 15 is 0 Å². The van der Waals surface area contributed by atoms with E-state index < -0.39 is 11.8 Å². The second-order valence-electron chi connectivity index (χ2n) is 3.74. The maximum Gasteiger partial charge on any atom is 0.309 e. The van der Waals surface area contributed by atoms with Crippen LogP contribution >= 0.6 is 0 Å². The highest BCUT2D eigenvalue weighted by Crippen LogP contribution is 1.81. The van der Waals surface area contributed by atoms with Crippen molar-refractivity contribution in [3.05, 3.63) is 0 Å². The van der Waals surface area contributed by atoms with Crippen LogP contribution < -0.4 is 21.3 Å². The Labute approximate surface area is 104 Å². The zero-order valence-corrected chi connectivity index (χ0v) is 9.88. The molecule has 0 unspecified atom stereocenters. The molecule has 0 aromatic rings. The summed E-state index contributed by atoms with van der Waals surface area (Å²) in [6.45, 7) is 0.647. The molecule has 1 fully saturated rings. The molecule has 1 aliphatic rings. The van der Waals surface area contributed by atoms with Crippen LogP contribution in [0.15, 0.2) is 0 Å². The Morgan fingerprint density at radius 2 is 1.28 bits per heavy atom. The van der Waals surface area contributed by atoms with Crippen LogP contribution in [0.5, 0.6) is 0 Å². The third-order valence-electron chi connectivity index (χ3n) is 2.25. The second kappa shape index (κ2) is 7.25. The van der Waals surface area contributed by atoms with E-state index in [1.54, 1.807) is 0 Å². The fourth-order valence-corrected chi connectivity index (χ4v) is 1.30. The summed E-state index contributed by atoms with van der Waals surface area (Å²) in [5.74, 6) is -2.14. The van der Waals surface area contributed by atoms with E-state index in [-0.39, 0.29) is 31.3 Å². The van der Waals surface area contributed by atoms with Gasteiger partial charge in [0.05, 0.1) is 6.54 Å². The number of amides is 4. The fourth-order valence-electron chi connectivity index (χ4n) is 1.30. The first-order valence-electron chi connectivity index (χ1n) is 5.69. The van der Waals surface area contributed by atoms with Gasteiger partial charge in [0.15, 0.2) is 0 Å². The Morgan fingerprint density at radius 3 is 2.00 bits per heavy atom. The molecule has 0 bridgehead atoms. The standard InChI is InChI=1S/C10H16N4O4/c15-7-2-5-13-10(18)9(17)12-4-1-3-11-8(16)6-14-7/h1-6H2,(H,11,16)(H,12,17)(H,13,18)(H,14,15). The van der Waals surface area contributed by atoms with Crippen LogP contribution in [0.2, 0.25) is 0 Å². The quantitative estimate of drug-likeness (QED) is 0.351. The highest BCUT2D eigenvalue weighted by atomic mass is 16.2. The summed E-state index contributed by atoms with van der Waals surface area (Å²) in [6.07, 6.45) is 0.533. The van der Waals surface area contributed by atoms with Gasteiger partial charge in [-0.25, -0.2) is 0 Å². The van der Waals surface area contributed by atoms with Crippen LogP contribution in [-0.2, 0) is 19.2 Å². The van der Waals surface area contributed by atoms with Crippen molar-refractivity contribution in [1.82, 2.24) is 21.3 Å². The number of carbonyl (C=O) groups is 4. The van der Waals surface area contributed by atoms with Crippen LogP contribution in [0.25, 0.3) is 0 Å². The van der Waals surface area contributed by atoms with Crippen molar-refractivity contribution in [2.75, 3.05) is 26.2 Å². The first-order valence-corrected chi connectivity index (χ1v) is 5.69. The van der Waals surface area contributed by atoms with Gasteiger partial charge in [0.2, 0.25) is 11.8 Å². The molecule has 4 amide bonds. The van der Waals surface area contributed by atoms with E-state index in [9.17, 15) is 19.2 Å². The molecule has 100 valence electrons. The highest BCUT2D eigenvalue weighted by Gasteiger charge is 2.13. The van der Waals surface area contributed by atoms with Gasteiger partial charge in [0.25, 0.3) is 0 Å². The molecular formula is C10H16N4O4. The lowest BCUT2D eigenvalue weighted by Crippen LogP contribution is -2.44. The zero-order chi connectivity index (χ0) is 13.4. The molecule has 8 nitrogen and oxygen atoms in total. The normalized spacial score (nSPS) is 20.0. The van der Waals surface area contributed by atoms with E-state index in [0.717, 1.165) is 0 Å². The minimum Gasteiger partial charge on any atom is -0.355 e. The van der Waals surface area contributed by atoms with Crippen molar-refractivity contribution >= 4 is 23.6 Å². The Kier molecular flexibility index (Phi) is 5.62. The van der Waals surface area contributed by atoms with Gasteiger partial charge in [-0.2, -0.15) is 0 Å². The van der Waals surface area contributed by atoms with E-state index in [2.05, 4.69) is 21.3 Å². The van der Waals surface area contributed by atoms with Gasteiger partial charge in [-0.1, -0.05) is 0 Å². The maximum atomic E-state index is 11.2. The van der Waals surface area contributed by atoms with Gasteiger partial charge in [-0.3, -0.25) is 19.2 Å². The van der Waals surface area contributed by atoms with Crippen LogP contribution in [0.3, 0.4) is 0 Å². The Morgan fingerprint density at radius 1 is 0.667 bits per heavy atom. The molecule has 1 rings (SSSR count). The third-order valence-corrected chi connectivity index (χ3v) is 2.25. The zero-order valence-electron chi connectivity index (χ0n) is 9.88. The summed E-state index contributed by atoms with van der Waals surface area (Å²) in [5.41, 5.74) is 0. The lowest BCUT2D eigenvalue weighted by molar-refractivity contribution is -0.139. The summed E-state index contributed by atoms with van der Waals surface area (Å²) >= 11 is 0. The minimum absolute atomic E-state index is 0.0201. The largest absolute Gasteiger partial charge is 0.355 e. The first kappa shape index (κ1) is 13.9. The predicted molar refractivity (Wildman–Crippen MR) is 61.3 cm³/mol. The molecule has 0 aromatic carbocycles. The monoisotopic (exact) mass is 256 g/mol. The molecule has 1 aliphatic heterocycles. The van der Waals surface area contributed by atoms with Crippen LogP contribution in [0.4, 0.5) is 0 Å². The molecular weight excluding hydrogens is 240 g/mol. The summed E-state index contributed by atoms with van der Waals surface area (Å²) in [7, 11) is 0. The topological polar surface area (TPSA) is 116 Å². The van der Waals surface area contributed by atoms with Crippen molar-refractivity contribution in [3.63, 3.8) is 0 Å². The average molecular weight is 256 g/mol. The number of rotatable bonds is 0. The lowest BCUT2D eigenvalue weighted by atomic mass is 10.3. The van der Waals surface area contributed by atoms with Gasteiger partial charge >= 0.3 is 11.8 Å². The van der Waals surface area contributed by atoms with Gasteiger partial charge in [0, 0.05) is 26.1 Å².